The molecular formula is C19H28F3IN4O2S. The lowest BCUT2D eigenvalue weighted by molar-refractivity contribution is -0.0494. The van der Waals surface area contributed by atoms with Crippen molar-refractivity contribution >= 4 is 40.0 Å². The summed E-state index contributed by atoms with van der Waals surface area (Å²) in [6.07, 6.45) is 3.86. The van der Waals surface area contributed by atoms with Crippen molar-refractivity contribution in [2.24, 2.45) is 10.4 Å². The van der Waals surface area contributed by atoms with E-state index in [1.54, 1.807) is 7.05 Å². The first-order valence-corrected chi connectivity index (χ1v) is 11.2. The lowest BCUT2D eigenvalue weighted by atomic mass is 9.96. The van der Waals surface area contributed by atoms with Crippen LogP contribution in [0.25, 0.3) is 0 Å². The Morgan fingerprint density at radius 2 is 1.80 bits per heavy atom. The van der Waals surface area contributed by atoms with E-state index in [1.165, 1.54) is 5.56 Å². The number of alkyl halides is 3. The van der Waals surface area contributed by atoms with E-state index in [0.29, 0.717) is 23.1 Å². The number of rotatable bonds is 6. The van der Waals surface area contributed by atoms with Crippen LogP contribution in [0.3, 0.4) is 0 Å². The van der Waals surface area contributed by atoms with Gasteiger partial charge >= 0.3 is 15.5 Å². The third-order valence-corrected chi connectivity index (χ3v) is 7.29. The summed E-state index contributed by atoms with van der Waals surface area (Å²) in [6, 6.07) is 10.2. The van der Waals surface area contributed by atoms with Crippen molar-refractivity contribution in [3.8, 4) is 0 Å². The van der Waals surface area contributed by atoms with Crippen LogP contribution in [0.1, 0.15) is 31.2 Å². The van der Waals surface area contributed by atoms with E-state index >= 15 is 0 Å². The predicted octanol–water partition coefficient (Wildman–Crippen LogP) is 3.11. The van der Waals surface area contributed by atoms with Crippen LogP contribution in [0.15, 0.2) is 35.3 Å². The number of halogens is 4. The minimum absolute atomic E-state index is 0. The average Bonchev–Trinajstić information content (AvgIpc) is 3.45. The van der Waals surface area contributed by atoms with Crippen LogP contribution >= 0.6 is 24.0 Å². The van der Waals surface area contributed by atoms with Crippen molar-refractivity contribution < 1.29 is 21.6 Å². The molecule has 6 nitrogen and oxygen atoms in total. The van der Waals surface area contributed by atoms with Crippen LogP contribution < -0.4 is 10.6 Å². The van der Waals surface area contributed by atoms with Gasteiger partial charge in [-0.3, -0.25) is 4.99 Å². The van der Waals surface area contributed by atoms with Gasteiger partial charge in [0.25, 0.3) is 0 Å². The number of hydrogen-bond donors (Lipinski definition) is 2. The summed E-state index contributed by atoms with van der Waals surface area (Å²) in [5.41, 5.74) is -3.74. The molecule has 1 saturated carbocycles. The standard InChI is InChI=1S/C19H27F3N4O2S.HI/c1-23-17(24-14-18(9-10-18)13-15-5-3-2-4-6-15)25-16-7-11-26(12-8-16)29(27,28)19(20,21)22;/h2-6,16H,7-14H2,1H3,(H2,23,24,25);1H. The normalized spacial score (nSPS) is 20.3. The molecule has 170 valence electrons. The fraction of sp³-hybridized carbons (Fsp3) is 0.632. The van der Waals surface area contributed by atoms with Crippen molar-refractivity contribution in [3.63, 3.8) is 0 Å². The Hall–Kier alpha value is -1.08. The van der Waals surface area contributed by atoms with Gasteiger partial charge in [0, 0.05) is 32.7 Å². The zero-order chi connectivity index (χ0) is 21.1. The highest BCUT2D eigenvalue weighted by atomic mass is 127. The molecule has 1 aromatic rings. The second-order valence-corrected chi connectivity index (χ2v) is 9.79. The van der Waals surface area contributed by atoms with E-state index in [2.05, 4.69) is 27.8 Å². The molecule has 0 unspecified atom stereocenters. The fourth-order valence-electron chi connectivity index (χ4n) is 3.67. The number of nitrogens with one attached hydrogen (secondary N) is 2. The van der Waals surface area contributed by atoms with Gasteiger partial charge in [0.1, 0.15) is 0 Å². The van der Waals surface area contributed by atoms with Crippen LogP contribution in [0, 0.1) is 5.41 Å². The maximum absolute atomic E-state index is 12.7. The second kappa shape index (κ2) is 10.0. The number of benzene rings is 1. The number of sulfonamides is 1. The monoisotopic (exact) mass is 560 g/mol. The average molecular weight is 560 g/mol. The molecule has 0 radical (unpaired) electrons. The first-order valence-electron chi connectivity index (χ1n) is 9.73. The molecular weight excluding hydrogens is 532 g/mol. The summed E-state index contributed by atoms with van der Waals surface area (Å²) in [7, 11) is -3.60. The molecule has 30 heavy (non-hydrogen) atoms. The smallest absolute Gasteiger partial charge is 0.356 e. The summed E-state index contributed by atoms with van der Waals surface area (Å²) in [5, 5.41) is 6.55. The van der Waals surface area contributed by atoms with Gasteiger partial charge in [0.05, 0.1) is 0 Å². The predicted molar refractivity (Wildman–Crippen MR) is 121 cm³/mol. The molecule has 0 bridgehead atoms. The third-order valence-electron chi connectivity index (χ3n) is 5.66. The van der Waals surface area contributed by atoms with E-state index in [0.717, 1.165) is 25.8 Å². The molecule has 0 aromatic heterocycles. The zero-order valence-electron chi connectivity index (χ0n) is 16.8. The molecule has 2 aliphatic rings. The van der Waals surface area contributed by atoms with Gasteiger partial charge in [-0.05, 0) is 43.1 Å². The van der Waals surface area contributed by atoms with Crippen molar-refractivity contribution in [1.29, 1.82) is 0 Å². The number of nitrogens with zero attached hydrogens (tertiary/aromatic N) is 2. The third kappa shape index (κ3) is 6.22. The van der Waals surface area contributed by atoms with Crippen LogP contribution in [0.4, 0.5) is 13.2 Å². The maximum Gasteiger partial charge on any atom is 0.511 e. The van der Waals surface area contributed by atoms with Crippen LogP contribution in [-0.2, 0) is 16.4 Å². The molecule has 3 rings (SSSR count). The number of piperidine rings is 1. The van der Waals surface area contributed by atoms with Gasteiger partial charge in [0.2, 0.25) is 0 Å². The molecule has 1 aliphatic heterocycles. The SMILES string of the molecule is CN=C(NCC1(Cc2ccccc2)CC1)NC1CCN(S(=O)(=O)C(F)(F)F)CC1.I. The zero-order valence-corrected chi connectivity index (χ0v) is 19.9. The van der Waals surface area contributed by atoms with E-state index in [1.807, 2.05) is 18.2 Å². The van der Waals surface area contributed by atoms with Gasteiger partial charge in [0.15, 0.2) is 5.96 Å². The molecule has 1 saturated heterocycles. The van der Waals surface area contributed by atoms with Crippen molar-refractivity contribution in [3.05, 3.63) is 35.9 Å². The van der Waals surface area contributed by atoms with Gasteiger partial charge in [-0.2, -0.15) is 17.5 Å². The Morgan fingerprint density at radius 3 is 2.30 bits per heavy atom. The van der Waals surface area contributed by atoms with Crippen LogP contribution in [0.2, 0.25) is 0 Å². The van der Waals surface area contributed by atoms with Crippen LogP contribution in [-0.4, -0.2) is 56.9 Å². The number of aliphatic imine (C=N–C) groups is 1. The minimum atomic E-state index is -5.25. The van der Waals surface area contributed by atoms with Gasteiger partial charge in [-0.25, -0.2) is 8.42 Å². The highest BCUT2D eigenvalue weighted by Crippen LogP contribution is 2.47. The Morgan fingerprint density at radius 1 is 1.20 bits per heavy atom. The largest absolute Gasteiger partial charge is 0.511 e. The summed E-state index contributed by atoms with van der Waals surface area (Å²) >= 11 is 0. The lowest BCUT2D eigenvalue weighted by Crippen LogP contribution is -2.52. The maximum atomic E-state index is 12.7. The topological polar surface area (TPSA) is 73.8 Å². The molecule has 2 fully saturated rings. The molecule has 1 heterocycles. The molecule has 1 aliphatic carbocycles. The molecule has 11 heteroatoms. The molecule has 2 N–H and O–H groups in total. The first kappa shape index (κ1) is 25.2. The van der Waals surface area contributed by atoms with Gasteiger partial charge in [-0.15, -0.1) is 24.0 Å². The first-order chi connectivity index (χ1) is 13.7. The van der Waals surface area contributed by atoms with Gasteiger partial charge in [-0.1, -0.05) is 30.3 Å². The molecule has 0 spiro atoms. The Kier molecular flexibility index (Phi) is 8.42. The quantitative estimate of drug-likeness (QED) is 0.319. The number of hydrogen-bond acceptors (Lipinski definition) is 3. The van der Waals surface area contributed by atoms with Crippen molar-refractivity contribution in [2.75, 3.05) is 26.7 Å². The summed E-state index contributed by atoms with van der Waals surface area (Å²) in [4.78, 5) is 4.21. The van der Waals surface area contributed by atoms with E-state index in [4.69, 9.17) is 0 Å². The fourth-order valence-corrected chi connectivity index (χ4v) is 4.65. The summed E-state index contributed by atoms with van der Waals surface area (Å²) < 4.78 is 61.6. The Labute approximate surface area is 192 Å². The van der Waals surface area contributed by atoms with E-state index in [9.17, 15) is 21.6 Å². The minimum Gasteiger partial charge on any atom is -0.356 e. The second-order valence-electron chi connectivity index (χ2n) is 7.86. The lowest BCUT2D eigenvalue weighted by Gasteiger charge is -2.32. The summed E-state index contributed by atoms with van der Waals surface area (Å²) in [6.45, 7) is 0.450. The molecule has 1 aromatic carbocycles. The van der Waals surface area contributed by atoms with Crippen molar-refractivity contribution in [1.82, 2.24) is 14.9 Å². The highest BCUT2D eigenvalue weighted by molar-refractivity contribution is 14.0. The van der Waals surface area contributed by atoms with Crippen LogP contribution in [0.5, 0.6) is 0 Å². The molecule has 0 atom stereocenters. The summed E-state index contributed by atoms with van der Waals surface area (Å²) in [5.74, 6) is 0.599. The Bertz CT molecular complexity index is 822. The highest BCUT2D eigenvalue weighted by Gasteiger charge is 2.50. The molecule has 0 amide bonds. The number of guanidine groups is 1. The van der Waals surface area contributed by atoms with Crippen molar-refractivity contribution in [2.45, 2.75) is 43.7 Å². The Balaban J connectivity index is 0.00000320. The van der Waals surface area contributed by atoms with E-state index in [-0.39, 0.29) is 48.5 Å². The van der Waals surface area contributed by atoms with Gasteiger partial charge < -0.3 is 10.6 Å². The van der Waals surface area contributed by atoms with E-state index < -0.39 is 15.5 Å².